The molecule has 1 atom stereocenters. The summed E-state index contributed by atoms with van der Waals surface area (Å²) in [4.78, 5) is 0. The van der Waals surface area contributed by atoms with Crippen molar-refractivity contribution < 1.29 is 4.74 Å². The van der Waals surface area contributed by atoms with Gasteiger partial charge >= 0.3 is 0 Å². The van der Waals surface area contributed by atoms with Crippen molar-refractivity contribution in [1.82, 2.24) is 0 Å². The number of hydrogen-bond donors (Lipinski definition) is 1. The molecule has 2 nitrogen and oxygen atoms in total. The molecule has 2 N–H and O–H groups in total. The average Bonchev–Trinajstić information content (AvgIpc) is 3.05. The van der Waals surface area contributed by atoms with Crippen LogP contribution in [-0.4, -0.2) is 12.6 Å². The summed E-state index contributed by atoms with van der Waals surface area (Å²) in [5.74, 6) is 1.86. The highest BCUT2D eigenvalue weighted by Crippen LogP contribution is 2.30. The average molecular weight is 245 g/mol. The molecular formula is C16H23NO. The van der Waals surface area contributed by atoms with Gasteiger partial charge in [-0.2, -0.15) is 0 Å². The predicted octanol–water partition coefficient (Wildman–Crippen LogP) is 3.07. The highest BCUT2D eigenvalue weighted by molar-refractivity contribution is 5.39. The molecule has 0 amide bonds. The number of nitrogens with two attached hydrogens (primary N) is 1. The standard InChI is InChI=1S/C16H23NO/c17-15(13-3-1-2-4-13)7-5-12-6-8-16-14(11-12)9-10-18-16/h6,8,11,13,15H,1-5,7,9-10,17H2. The number of aryl methyl sites for hydroxylation is 1. The van der Waals surface area contributed by atoms with Gasteiger partial charge in [-0.05, 0) is 48.8 Å². The third-order valence-corrected chi connectivity index (χ3v) is 4.53. The van der Waals surface area contributed by atoms with Crippen LogP contribution >= 0.6 is 0 Å². The van der Waals surface area contributed by atoms with Crippen LogP contribution in [0.3, 0.4) is 0 Å². The van der Waals surface area contributed by atoms with Gasteiger partial charge in [0.1, 0.15) is 5.75 Å². The number of hydrogen-bond acceptors (Lipinski definition) is 2. The first-order valence-corrected chi connectivity index (χ1v) is 7.33. The molecule has 0 saturated heterocycles. The third kappa shape index (κ3) is 2.54. The van der Waals surface area contributed by atoms with E-state index in [-0.39, 0.29) is 0 Å². The Labute approximate surface area is 110 Å². The summed E-state index contributed by atoms with van der Waals surface area (Å²) >= 11 is 0. The number of rotatable bonds is 4. The Bertz CT molecular complexity index is 410. The first-order chi connectivity index (χ1) is 8.83. The molecule has 1 saturated carbocycles. The van der Waals surface area contributed by atoms with Crippen LogP contribution in [0.1, 0.15) is 43.2 Å². The summed E-state index contributed by atoms with van der Waals surface area (Å²) < 4.78 is 5.54. The minimum Gasteiger partial charge on any atom is -0.493 e. The fourth-order valence-corrected chi connectivity index (χ4v) is 3.35. The molecule has 0 spiro atoms. The molecule has 1 aromatic carbocycles. The molecule has 0 aromatic heterocycles. The minimum absolute atomic E-state index is 0.400. The maximum absolute atomic E-state index is 6.31. The van der Waals surface area contributed by atoms with Gasteiger partial charge in [0.25, 0.3) is 0 Å². The van der Waals surface area contributed by atoms with Crippen LogP contribution in [0.2, 0.25) is 0 Å². The summed E-state index contributed by atoms with van der Waals surface area (Å²) in [5.41, 5.74) is 9.12. The molecule has 2 heteroatoms. The minimum atomic E-state index is 0.400. The fraction of sp³-hybridized carbons (Fsp3) is 0.625. The Balaban J connectivity index is 1.56. The zero-order chi connectivity index (χ0) is 12.4. The second kappa shape index (κ2) is 5.31. The Hall–Kier alpha value is -1.02. The lowest BCUT2D eigenvalue weighted by Crippen LogP contribution is -2.28. The van der Waals surface area contributed by atoms with Crippen molar-refractivity contribution in [2.75, 3.05) is 6.61 Å². The van der Waals surface area contributed by atoms with E-state index in [1.165, 1.54) is 36.8 Å². The van der Waals surface area contributed by atoms with Crippen molar-refractivity contribution >= 4 is 0 Å². The molecule has 3 rings (SSSR count). The van der Waals surface area contributed by atoms with Crippen molar-refractivity contribution in [3.05, 3.63) is 29.3 Å². The summed E-state index contributed by atoms with van der Waals surface area (Å²) in [6.07, 6.45) is 8.77. The highest BCUT2D eigenvalue weighted by Gasteiger charge is 2.21. The van der Waals surface area contributed by atoms with Crippen LogP contribution in [0.15, 0.2) is 18.2 Å². The topological polar surface area (TPSA) is 35.2 Å². The van der Waals surface area contributed by atoms with Crippen molar-refractivity contribution in [2.45, 2.75) is 51.0 Å². The van der Waals surface area contributed by atoms with Gasteiger partial charge in [-0.1, -0.05) is 25.0 Å². The van der Waals surface area contributed by atoms with Gasteiger partial charge in [0.15, 0.2) is 0 Å². The van der Waals surface area contributed by atoms with E-state index in [1.807, 2.05) is 0 Å². The lowest BCUT2D eigenvalue weighted by Gasteiger charge is -2.18. The lowest BCUT2D eigenvalue weighted by molar-refractivity contribution is 0.357. The van der Waals surface area contributed by atoms with E-state index in [0.29, 0.717) is 6.04 Å². The molecule has 1 aliphatic heterocycles. The van der Waals surface area contributed by atoms with Gasteiger partial charge in [0.2, 0.25) is 0 Å². The summed E-state index contributed by atoms with van der Waals surface area (Å²) in [6.45, 7) is 0.848. The van der Waals surface area contributed by atoms with Gasteiger partial charge in [-0.15, -0.1) is 0 Å². The first kappa shape index (κ1) is 12.0. The Kier molecular flexibility index (Phi) is 3.55. The predicted molar refractivity (Wildman–Crippen MR) is 73.9 cm³/mol. The number of fused-ring (bicyclic) bond motifs is 1. The van der Waals surface area contributed by atoms with E-state index >= 15 is 0 Å². The largest absolute Gasteiger partial charge is 0.493 e. The summed E-state index contributed by atoms with van der Waals surface area (Å²) in [5, 5.41) is 0. The number of ether oxygens (including phenoxy) is 1. The lowest BCUT2D eigenvalue weighted by atomic mass is 9.93. The zero-order valence-corrected chi connectivity index (χ0v) is 11.0. The van der Waals surface area contributed by atoms with Gasteiger partial charge < -0.3 is 10.5 Å². The zero-order valence-electron chi connectivity index (χ0n) is 11.0. The van der Waals surface area contributed by atoms with Gasteiger partial charge in [0, 0.05) is 12.5 Å². The van der Waals surface area contributed by atoms with E-state index in [0.717, 1.165) is 37.5 Å². The second-order valence-electron chi connectivity index (χ2n) is 5.79. The van der Waals surface area contributed by atoms with Gasteiger partial charge in [-0.25, -0.2) is 0 Å². The van der Waals surface area contributed by atoms with E-state index in [2.05, 4.69) is 18.2 Å². The molecule has 1 unspecified atom stereocenters. The highest BCUT2D eigenvalue weighted by atomic mass is 16.5. The smallest absolute Gasteiger partial charge is 0.122 e. The van der Waals surface area contributed by atoms with Crippen molar-refractivity contribution in [3.8, 4) is 5.75 Å². The van der Waals surface area contributed by atoms with Crippen molar-refractivity contribution in [3.63, 3.8) is 0 Å². The van der Waals surface area contributed by atoms with Crippen LogP contribution in [0.25, 0.3) is 0 Å². The Morgan fingerprint density at radius 2 is 2.11 bits per heavy atom. The molecule has 0 bridgehead atoms. The molecule has 18 heavy (non-hydrogen) atoms. The molecule has 1 heterocycles. The third-order valence-electron chi connectivity index (χ3n) is 4.53. The maximum Gasteiger partial charge on any atom is 0.122 e. The molecule has 0 radical (unpaired) electrons. The molecule has 98 valence electrons. The second-order valence-corrected chi connectivity index (χ2v) is 5.79. The molecule has 1 fully saturated rings. The van der Waals surface area contributed by atoms with E-state index in [9.17, 15) is 0 Å². The quantitative estimate of drug-likeness (QED) is 0.884. The summed E-state index contributed by atoms with van der Waals surface area (Å²) in [6, 6.07) is 7.03. The first-order valence-electron chi connectivity index (χ1n) is 7.33. The normalized spacial score (nSPS) is 20.7. The van der Waals surface area contributed by atoms with E-state index in [4.69, 9.17) is 10.5 Å². The van der Waals surface area contributed by atoms with Crippen molar-refractivity contribution in [2.24, 2.45) is 11.7 Å². The SMILES string of the molecule is NC(CCc1ccc2c(c1)CCO2)C1CCCC1. The Morgan fingerprint density at radius 1 is 1.28 bits per heavy atom. The van der Waals surface area contributed by atoms with Gasteiger partial charge in [0.05, 0.1) is 6.61 Å². The Morgan fingerprint density at radius 3 is 2.94 bits per heavy atom. The van der Waals surface area contributed by atoms with Crippen LogP contribution in [-0.2, 0) is 12.8 Å². The van der Waals surface area contributed by atoms with Gasteiger partial charge in [-0.3, -0.25) is 0 Å². The molecule has 2 aliphatic rings. The van der Waals surface area contributed by atoms with E-state index in [1.54, 1.807) is 0 Å². The molecule has 1 aliphatic carbocycles. The van der Waals surface area contributed by atoms with Crippen LogP contribution in [0, 0.1) is 5.92 Å². The monoisotopic (exact) mass is 245 g/mol. The van der Waals surface area contributed by atoms with Crippen LogP contribution < -0.4 is 10.5 Å². The van der Waals surface area contributed by atoms with Crippen molar-refractivity contribution in [1.29, 1.82) is 0 Å². The number of benzene rings is 1. The molecular weight excluding hydrogens is 222 g/mol. The van der Waals surface area contributed by atoms with Crippen LogP contribution in [0.4, 0.5) is 0 Å². The maximum atomic E-state index is 6.31. The van der Waals surface area contributed by atoms with E-state index < -0.39 is 0 Å². The fourth-order valence-electron chi connectivity index (χ4n) is 3.35. The molecule has 1 aromatic rings. The summed E-state index contributed by atoms with van der Waals surface area (Å²) in [7, 11) is 0. The van der Waals surface area contributed by atoms with Crippen LogP contribution in [0.5, 0.6) is 5.75 Å².